The van der Waals surface area contributed by atoms with Gasteiger partial charge in [-0.2, -0.15) is 0 Å². The molecule has 1 spiro atoms. The normalized spacial score (nSPS) is 25.4. The Hall–Kier alpha value is -1.69. The second-order valence-corrected chi connectivity index (χ2v) is 6.90. The highest BCUT2D eigenvalue weighted by molar-refractivity contribution is 5.78. The van der Waals surface area contributed by atoms with Crippen LogP contribution in [0, 0.1) is 17.7 Å². The van der Waals surface area contributed by atoms with Crippen LogP contribution in [-0.2, 0) is 9.53 Å². The van der Waals surface area contributed by atoms with Crippen molar-refractivity contribution < 1.29 is 18.7 Å². The first kappa shape index (κ1) is 14.9. The standard InChI is InChI=1S/C17H21FN2O3/c18-14-2-1-6-19-16(14)22-9-13-5-7-23-17(13)10-20(11-17)15(21)8-12-3-4-12/h1-2,6,12-13H,3-5,7-11H2/t13-/m0/s1. The molecule has 6 heteroatoms. The lowest BCUT2D eigenvalue weighted by molar-refractivity contribution is -0.167. The summed E-state index contributed by atoms with van der Waals surface area (Å²) in [6.07, 6.45) is 5.44. The Bertz CT molecular complexity index is 599. The number of carbonyl (C=O) groups is 1. The first-order valence-corrected chi connectivity index (χ1v) is 8.31. The zero-order valence-electron chi connectivity index (χ0n) is 13.0. The largest absolute Gasteiger partial charge is 0.475 e. The van der Waals surface area contributed by atoms with Crippen LogP contribution in [-0.4, -0.2) is 47.7 Å². The van der Waals surface area contributed by atoms with Crippen molar-refractivity contribution in [2.75, 3.05) is 26.3 Å². The molecule has 1 aromatic heterocycles. The highest BCUT2D eigenvalue weighted by atomic mass is 19.1. The molecule has 0 bridgehead atoms. The molecule has 0 radical (unpaired) electrons. The summed E-state index contributed by atoms with van der Waals surface area (Å²) in [4.78, 5) is 17.9. The van der Waals surface area contributed by atoms with Gasteiger partial charge in [-0.3, -0.25) is 4.79 Å². The third kappa shape index (κ3) is 2.92. The summed E-state index contributed by atoms with van der Waals surface area (Å²) in [7, 11) is 0. The number of hydrogen-bond acceptors (Lipinski definition) is 4. The van der Waals surface area contributed by atoms with Crippen molar-refractivity contribution in [3.8, 4) is 5.88 Å². The molecule has 124 valence electrons. The Morgan fingerprint density at radius 1 is 1.43 bits per heavy atom. The van der Waals surface area contributed by atoms with E-state index >= 15 is 0 Å². The van der Waals surface area contributed by atoms with Gasteiger partial charge in [-0.1, -0.05) is 0 Å². The monoisotopic (exact) mass is 320 g/mol. The average molecular weight is 320 g/mol. The topological polar surface area (TPSA) is 51.7 Å². The van der Waals surface area contributed by atoms with E-state index in [0.717, 1.165) is 6.42 Å². The summed E-state index contributed by atoms with van der Waals surface area (Å²) in [5, 5.41) is 0. The van der Waals surface area contributed by atoms with Gasteiger partial charge in [0.25, 0.3) is 0 Å². The smallest absolute Gasteiger partial charge is 0.250 e. The van der Waals surface area contributed by atoms with Crippen molar-refractivity contribution in [3.05, 3.63) is 24.1 Å². The van der Waals surface area contributed by atoms with E-state index in [2.05, 4.69) is 4.98 Å². The number of likely N-dealkylation sites (tertiary alicyclic amines) is 1. The predicted molar refractivity (Wildman–Crippen MR) is 80.4 cm³/mol. The highest BCUT2D eigenvalue weighted by Gasteiger charge is 2.54. The lowest BCUT2D eigenvalue weighted by Gasteiger charge is -2.50. The van der Waals surface area contributed by atoms with Crippen LogP contribution < -0.4 is 4.74 Å². The van der Waals surface area contributed by atoms with E-state index in [9.17, 15) is 9.18 Å². The Balaban J connectivity index is 1.32. The van der Waals surface area contributed by atoms with Crippen molar-refractivity contribution in [1.29, 1.82) is 0 Å². The number of aromatic nitrogens is 1. The molecule has 3 heterocycles. The summed E-state index contributed by atoms with van der Waals surface area (Å²) in [6, 6.07) is 2.88. The van der Waals surface area contributed by atoms with Gasteiger partial charge in [-0.05, 0) is 37.3 Å². The van der Waals surface area contributed by atoms with Gasteiger partial charge in [-0.15, -0.1) is 0 Å². The van der Waals surface area contributed by atoms with Crippen molar-refractivity contribution >= 4 is 5.91 Å². The van der Waals surface area contributed by atoms with Gasteiger partial charge in [0.1, 0.15) is 5.60 Å². The molecule has 23 heavy (non-hydrogen) atoms. The average Bonchev–Trinajstić information content (AvgIpc) is 3.21. The lowest BCUT2D eigenvalue weighted by atomic mass is 9.81. The molecule has 1 aromatic rings. The molecule has 1 amide bonds. The number of pyridine rings is 1. The summed E-state index contributed by atoms with van der Waals surface area (Å²) >= 11 is 0. The number of halogens is 1. The molecule has 2 saturated heterocycles. The molecule has 0 unspecified atom stereocenters. The third-order valence-electron chi connectivity index (χ3n) is 5.18. The zero-order chi connectivity index (χ0) is 15.9. The fourth-order valence-electron chi connectivity index (χ4n) is 3.50. The van der Waals surface area contributed by atoms with Crippen LogP contribution in [0.4, 0.5) is 4.39 Å². The van der Waals surface area contributed by atoms with Gasteiger partial charge >= 0.3 is 0 Å². The van der Waals surface area contributed by atoms with Crippen molar-refractivity contribution in [1.82, 2.24) is 9.88 Å². The minimum Gasteiger partial charge on any atom is -0.475 e. The number of ether oxygens (including phenoxy) is 2. The van der Waals surface area contributed by atoms with Crippen LogP contribution in [0.3, 0.4) is 0 Å². The number of hydrogen-bond donors (Lipinski definition) is 0. The number of nitrogens with zero attached hydrogens (tertiary/aromatic N) is 2. The Morgan fingerprint density at radius 3 is 3.00 bits per heavy atom. The fraction of sp³-hybridized carbons (Fsp3) is 0.647. The SMILES string of the molecule is O=C(CC1CC1)N1CC2(C1)OCC[C@H]2COc1ncccc1F. The predicted octanol–water partition coefficient (Wildman–Crippen LogP) is 2.02. The molecule has 3 fully saturated rings. The minimum absolute atomic E-state index is 0.0375. The Kier molecular flexibility index (Phi) is 3.71. The van der Waals surface area contributed by atoms with E-state index in [4.69, 9.17) is 9.47 Å². The van der Waals surface area contributed by atoms with Crippen LogP contribution in [0.5, 0.6) is 5.88 Å². The van der Waals surface area contributed by atoms with E-state index in [1.54, 1.807) is 0 Å². The molecule has 1 aliphatic carbocycles. The molecule has 0 N–H and O–H groups in total. The van der Waals surface area contributed by atoms with E-state index in [1.807, 2.05) is 4.90 Å². The summed E-state index contributed by atoms with van der Waals surface area (Å²) in [6.45, 7) is 2.32. The molecule has 1 saturated carbocycles. The van der Waals surface area contributed by atoms with Gasteiger partial charge in [0, 0.05) is 25.1 Å². The van der Waals surface area contributed by atoms with Gasteiger partial charge < -0.3 is 14.4 Å². The molecule has 1 atom stereocenters. The van der Waals surface area contributed by atoms with Gasteiger partial charge in [0.15, 0.2) is 5.82 Å². The van der Waals surface area contributed by atoms with Crippen molar-refractivity contribution in [3.63, 3.8) is 0 Å². The van der Waals surface area contributed by atoms with Crippen LogP contribution in [0.2, 0.25) is 0 Å². The Morgan fingerprint density at radius 2 is 2.26 bits per heavy atom. The van der Waals surface area contributed by atoms with Crippen LogP contribution in [0.1, 0.15) is 25.7 Å². The Labute approximate surface area is 134 Å². The fourth-order valence-corrected chi connectivity index (χ4v) is 3.50. The molecule has 2 aliphatic heterocycles. The first-order valence-electron chi connectivity index (χ1n) is 8.31. The van der Waals surface area contributed by atoms with Crippen LogP contribution in [0.25, 0.3) is 0 Å². The minimum atomic E-state index is -0.449. The van der Waals surface area contributed by atoms with Crippen molar-refractivity contribution in [2.45, 2.75) is 31.3 Å². The first-order chi connectivity index (χ1) is 11.2. The number of rotatable bonds is 5. The van der Waals surface area contributed by atoms with E-state index in [-0.39, 0.29) is 23.3 Å². The molecular weight excluding hydrogens is 299 g/mol. The van der Waals surface area contributed by atoms with Crippen molar-refractivity contribution in [2.24, 2.45) is 11.8 Å². The maximum absolute atomic E-state index is 13.6. The molecule has 5 nitrogen and oxygen atoms in total. The molecule has 4 rings (SSSR count). The van der Waals surface area contributed by atoms with Gasteiger partial charge in [0.05, 0.1) is 19.7 Å². The second-order valence-electron chi connectivity index (χ2n) is 6.90. The molecule has 0 aromatic carbocycles. The molecular formula is C17H21FN2O3. The summed E-state index contributed by atoms with van der Waals surface area (Å²) < 4.78 is 25.0. The van der Waals surface area contributed by atoms with E-state index < -0.39 is 5.82 Å². The van der Waals surface area contributed by atoms with Crippen LogP contribution >= 0.6 is 0 Å². The zero-order valence-corrected chi connectivity index (χ0v) is 13.0. The van der Waals surface area contributed by atoms with E-state index in [0.29, 0.717) is 38.6 Å². The maximum atomic E-state index is 13.6. The number of carbonyl (C=O) groups excluding carboxylic acids is 1. The highest BCUT2D eigenvalue weighted by Crippen LogP contribution is 2.41. The quantitative estimate of drug-likeness (QED) is 0.833. The van der Waals surface area contributed by atoms with Gasteiger partial charge in [0.2, 0.25) is 11.8 Å². The van der Waals surface area contributed by atoms with Gasteiger partial charge in [-0.25, -0.2) is 9.37 Å². The maximum Gasteiger partial charge on any atom is 0.250 e. The van der Waals surface area contributed by atoms with E-state index in [1.165, 1.54) is 31.2 Å². The van der Waals surface area contributed by atoms with Crippen LogP contribution in [0.15, 0.2) is 18.3 Å². The molecule has 3 aliphatic rings. The summed E-state index contributed by atoms with van der Waals surface area (Å²) in [5.41, 5.74) is -0.301. The lowest BCUT2D eigenvalue weighted by Crippen LogP contribution is -2.66. The summed E-state index contributed by atoms with van der Waals surface area (Å²) in [5.74, 6) is 0.610. The number of amides is 1. The second kappa shape index (κ2) is 5.74. The third-order valence-corrected chi connectivity index (χ3v) is 5.18.